The number of hydrogen-bond acceptors (Lipinski definition) is 4. The van der Waals surface area contributed by atoms with E-state index in [1.54, 1.807) is 24.3 Å². The van der Waals surface area contributed by atoms with Crippen molar-refractivity contribution in [1.82, 2.24) is 16.0 Å². The number of carboxylic acid groups (broad SMARTS) is 1. The van der Waals surface area contributed by atoms with E-state index in [0.29, 0.717) is 24.9 Å². The molecule has 0 bridgehead atoms. The second-order valence-corrected chi connectivity index (χ2v) is 6.76. The minimum absolute atomic E-state index is 0.163. The van der Waals surface area contributed by atoms with Crippen LogP contribution in [0.5, 0.6) is 0 Å². The van der Waals surface area contributed by atoms with Crippen LogP contribution in [0.2, 0.25) is 0 Å². The number of carbonyl (C=O) groups is 3. The number of carbonyl (C=O) groups excluding carboxylic acids is 2. The van der Waals surface area contributed by atoms with Crippen LogP contribution < -0.4 is 16.0 Å². The lowest BCUT2D eigenvalue weighted by atomic mass is 10.0. The summed E-state index contributed by atoms with van der Waals surface area (Å²) in [6.07, 6.45) is 0.806. The molecule has 2 rings (SSSR count). The van der Waals surface area contributed by atoms with Gasteiger partial charge in [0.15, 0.2) is 0 Å². The van der Waals surface area contributed by atoms with E-state index >= 15 is 0 Å². The molecule has 1 heterocycles. The van der Waals surface area contributed by atoms with Crippen molar-refractivity contribution in [2.75, 3.05) is 6.54 Å². The van der Waals surface area contributed by atoms with Crippen molar-refractivity contribution in [2.24, 2.45) is 5.92 Å². The quantitative estimate of drug-likeness (QED) is 0.583. The molecular formula is C18H25N3O4. The van der Waals surface area contributed by atoms with Crippen molar-refractivity contribution in [3.8, 4) is 0 Å². The number of hydrogen-bond donors (Lipinski definition) is 4. The fraction of sp³-hybridized carbons (Fsp3) is 0.500. The fourth-order valence-electron chi connectivity index (χ4n) is 2.87. The Hall–Kier alpha value is -2.41. The molecule has 1 fully saturated rings. The van der Waals surface area contributed by atoms with Crippen molar-refractivity contribution in [2.45, 2.75) is 44.8 Å². The summed E-state index contributed by atoms with van der Waals surface area (Å²) in [6, 6.07) is 7.30. The SMILES string of the molecule is CC(C)CC(NC(=O)C1CC(NC(=O)c2ccccc2)CN1)C(=O)O. The van der Waals surface area contributed by atoms with Gasteiger partial charge in [0.1, 0.15) is 6.04 Å². The minimum atomic E-state index is -1.03. The topological polar surface area (TPSA) is 108 Å². The lowest BCUT2D eigenvalue weighted by Gasteiger charge is -2.19. The largest absolute Gasteiger partial charge is 0.480 e. The van der Waals surface area contributed by atoms with Crippen LogP contribution in [0.25, 0.3) is 0 Å². The zero-order valence-electron chi connectivity index (χ0n) is 14.5. The van der Waals surface area contributed by atoms with Gasteiger partial charge in [-0.25, -0.2) is 4.79 Å². The van der Waals surface area contributed by atoms with Gasteiger partial charge in [-0.3, -0.25) is 9.59 Å². The molecule has 1 aliphatic rings. The van der Waals surface area contributed by atoms with E-state index in [-0.39, 0.29) is 23.8 Å². The van der Waals surface area contributed by atoms with Gasteiger partial charge < -0.3 is 21.1 Å². The van der Waals surface area contributed by atoms with E-state index in [1.165, 1.54) is 0 Å². The highest BCUT2D eigenvalue weighted by molar-refractivity contribution is 5.94. The Balaban J connectivity index is 1.86. The van der Waals surface area contributed by atoms with Crippen molar-refractivity contribution >= 4 is 17.8 Å². The van der Waals surface area contributed by atoms with Crippen LogP contribution >= 0.6 is 0 Å². The molecule has 3 unspecified atom stereocenters. The second-order valence-electron chi connectivity index (χ2n) is 6.76. The van der Waals surface area contributed by atoms with E-state index in [9.17, 15) is 19.5 Å². The average molecular weight is 347 g/mol. The Morgan fingerprint density at radius 1 is 1.24 bits per heavy atom. The van der Waals surface area contributed by atoms with Gasteiger partial charge in [0, 0.05) is 18.2 Å². The van der Waals surface area contributed by atoms with Crippen molar-refractivity contribution in [3.63, 3.8) is 0 Å². The first-order valence-corrected chi connectivity index (χ1v) is 8.49. The molecule has 0 radical (unpaired) electrons. The summed E-state index contributed by atoms with van der Waals surface area (Å²) in [5.41, 5.74) is 0.568. The van der Waals surface area contributed by atoms with Crippen LogP contribution in [-0.2, 0) is 9.59 Å². The average Bonchev–Trinajstić information content (AvgIpc) is 3.03. The number of benzene rings is 1. The molecule has 3 atom stereocenters. The number of carboxylic acids is 1. The first kappa shape index (κ1) is 18.9. The van der Waals surface area contributed by atoms with Gasteiger partial charge in [-0.05, 0) is 30.9 Å². The molecule has 1 aliphatic heterocycles. The third-order valence-electron chi connectivity index (χ3n) is 4.14. The number of rotatable bonds is 7. The molecule has 1 aromatic rings. The molecule has 136 valence electrons. The normalized spacial score (nSPS) is 20.9. The molecule has 0 saturated carbocycles. The Kier molecular flexibility index (Phi) is 6.52. The molecule has 0 aliphatic carbocycles. The Bertz CT molecular complexity index is 618. The predicted octanol–water partition coefficient (Wildman–Crippen LogP) is 0.762. The third-order valence-corrected chi connectivity index (χ3v) is 4.14. The Labute approximate surface area is 147 Å². The van der Waals surface area contributed by atoms with Gasteiger partial charge in [0.2, 0.25) is 5.91 Å². The van der Waals surface area contributed by atoms with E-state index in [4.69, 9.17) is 0 Å². The molecule has 4 N–H and O–H groups in total. The second kappa shape index (κ2) is 8.62. The summed E-state index contributed by atoms with van der Waals surface area (Å²) in [5.74, 6) is -1.40. The maximum absolute atomic E-state index is 12.3. The predicted molar refractivity (Wildman–Crippen MR) is 93.1 cm³/mol. The lowest BCUT2D eigenvalue weighted by molar-refractivity contribution is -0.142. The zero-order valence-corrected chi connectivity index (χ0v) is 14.5. The monoisotopic (exact) mass is 347 g/mol. The first-order valence-electron chi connectivity index (χ1n) is 8.49. The van der Waals surface area contributed by atoms with E-state index < -0.39 is 18.1 Å². The van der Waals surface area contributed by atoms with Crippen LogP contribution in [0.4, 0.5) is 0 Å². The van der Waals surface area contributed by atoms with Gasteiger partial charge in [0.25, 0.3) is 5.91 Å². The lowest BCUT2D eigenvalue weighted by Crippen LogP contribution is -2.48. The Morgan fingerprint density at radius 3 is 2.52 bits per heavy atom. The summed E-state index contributed by atoms with van der Waals surface area (Å²) in [5, 5.41) is 17.7. The minimum Gasteiger partial charge on any atom is -0.480 e. The highest BCUT2D eigenvalue weighted by Gasteiger charge is 2.32. The molecule has 0 spiro atoms. The van der Waals surface area contributed by atoms with Crippen molar-refractivity contribution < 1.29 is 19.5 Å². The number of aliphatic carboxylic acids is 1. The summed E-state index contributed by atoms with van der Waals surface area (Å²) in [6.45, 7) is 4.29. The van der Waals surface area contributed by atoms with Gasteiger partial charge in [-0.2, -0.15) is 0 Å². The van der Waals surface area contributed by atoms with Gasteiger partial charge >= 0.3 is 5.97 Å². The smallest absolute Gasteiger partial charge is 0.326 e. The highest BCUT2D eigenvalue weighted by atomic mass is 16.4. The first-order chi connectivity index (χ1) is 11.9. The molecular weight excluding hydrogens is 322 g/mol. The molecule has 2 amide bonds. The van der Waals surface area contributed by atoms with Crippen LogP contribution in [0, 0.1) is 5.92 Å². The molecule has 1 saturated heterocycles. The summed E-state index contributed by atoms with van der Waals surface area (Å²) in [7, 11) is 0. The van der Waals surface area contributed by atoms with Gasteiger partial charge in [0.05, 0.1) is 6.04 Å². The molecule has 0 aromatic heterocycles. The van der Waals surface area contributed by atoms with Crippen LogP contribution in [-0.4, -0.2) is 47.6 Å². The third kappa shape index (κ3) is 5.56. The van der Waals surface area contributed by atoms with E-state index in [2.05, 4.69) is 16.0 Å². The number of amides is 2. The summed E-state index contributed by atoms with van der Waals surface area (Å²) < 4.78 is 0. The van der Waals surface area contributed by atoms with Crippen LogP contribution in [0.15, 0.2) is 30.3 Å². The van der Waals surface area contributed by atoms with E-state index in [0.717, 1.165) is 0 Å². The molecule has 7 nitrogen and oxygen atoms in total. The maximum Gasteiger partial charge on any atom is 0.326 e. The molecule has 25 heavy (non-hydrogen) atoms. The van der Waals surface area contributed by atoms with Crippen molar-refractivity contribution in [3.05, 3.63) is 35.9 Å². The number of nitrogens with one attached hydrogen (secondary N) is 3. The standard InChI is InChI=1S/C18H25N3O4/c1-11(2)8-15(18(24)25)21-17(23)14-9-13(10-19-14)20-16(22)12-6-4-3-5-7-12/h3-7,11,13-15,19H,8-10H2,1-2H3,(H,20,22)(H,21,23)(H,24,25). The summed E-state index contributed by atoms with van der Waals surface area (Å²) >= 11 is 0. The van der Waals surface area contributed by atoms with Gasteiger partial charge in [-0.15, -0.1) is 0 Å². The van der Waals surface area contributed by atoms with E-state index in [1.807, 2.05) is 19.9 Å². The van der Waals surface area contributed by atoms with Gasteiger partial charge in [-0.1, -0.05) is 32.0 Å². The van der Waals surface area contributed by atoms with Crippen LogP contribution in [0.3, 0.4) is 0 Å². The Morgan fingerprint density at radius 2 is 1.92 bits per heavy atom. The van der Waals surface area contributed by atoms with Crippen molar-refractivity contribution in [1.29, 1.82) is 0 Å². The summed E-state index contributed by atoms with van der Waals surface area (Å²) in [4.78, 5) is 35.7. The maximum atomic E-state index is 12.3. The molecule has 7 heteroatoms. The van der Waals surface area contributed by atoms with Crippen LogP contribution in [0.1, 0.15) is 37.0 Å². The zero-order chi connectivity index (χ0) is 18.4. The molecule has 1 aromatic carbocycles. The highest BCUT2D eigenvalue weighted by Crippen LogP contribution is 2.11. The fourth-order valence-corrected chi connectivity index (χ4v) is 2.87.